The molecule has 0 heterocycles. The Labute approximate surface area is 159 Å². The van der Waals surface area contributed by atoms with Crippen LogP contribution in [-0.4, -0.2) is 17.6 Å². The second-order valence-electron chi connectivity index (χ2n) is 6.52. The molecular formula is C23H24N2O2. The quantitative estimate of drug-likeness (QED) is 0.591. The van der Waals surface area contributed by atoms with Crippen molar-refractivity contribution in [2.75, 3.05) is 11.9 Å². The van der Waals surface area contributed by atoms with Crippen LogP contribution >= 0.6 is 0 Å². The molecule has 3 rings (SSSR count). The van der Waals surface area contributed by atoms with Gasteiger partial charge in [-0.3, -0.25) is 4.79 Å². The molecule has 1 amide bonds. The molecule has 0 bridgehead atoms. The molecule has 0 radical (unpaired) electrons. The third kappa shape index (κ3) is 5.19. The molecular weight excluding hydrogens is 336 g/mol. The number of anilines is 1. The van der Waals surface area contributed by atoms with Crippen LogP contribution in [0.5, 0.6) is 5.75 Å². The number of para-hydroxylation sites is 1. The minimum atomic E-state index is -0.442. The van der Waals surface area contributed by atoms with Gasteiger partial charge in [-0.2, -0.15) is 0 Å². The van der Waals surface area contributed by atoms with Gasteiger partial charge in [-0.05, 0) is 48.2 Å². The number of rotatable bonds is 7. The van der Waals surface area contributed by atoms with E-state index in [4.69, 9.17) is 0 Å². The normalized spacial score (nSPS) is 11.7. The molecule has 3 aromatic carbocycles. The largest absolute Gasteiger partial charge is 0.508 e. The van der Waals surface area contributed by atoms with Gasteiger partial charge in [0.1, 0.15) is 11.8 Å². The zero-order valence-corrected chi connectivity index (χ0v) is 15.4. The summed E-state index contributed by atoms with van der Waals surface area (Å²) in [7, 11) is 0. The molecule has 0 spiro atoms. The second-order valence-corrected chi connectivity index (χ2v) is 6.52. The van der Waals surface area contributed by atoms with Crippen LogP contribution in [0.3, 0.4) is 0 Å². The van der Waals surface area contributed by atoms with Gasteiger partial charge in [-0.25, -0.2) is 0 Å². The molecule has 4 nitrogen and oxygen atoms in total. The summed E-state index contributed by atoms with van der Waals surface area (Å²) in [4.78, 5) is 12.9. The highest BCUT2D eigenvalue weighted by Crippen LogP contribution is 2.19. The van der Waals surface area contributed by atoms with E-state index in [0.29, 0.717) is 6.54 Å². The number of benzene rings is 3. The zero-order chi connectivity index (χ0) is 19.1. The molecule has 0 aliphatic rings. The number of hydrogen-bond donors (Lipinski definition) is 3. The molecule has 0 saturated carbocycles. The van der Waals surface area contributed by atoms with Gasteiger partial charge in [0.2, 0.25) is 5.91 Å². The van der Waals surface area contributed by atoms with E-state index in [-0.39, 0.29) is 11.7 Å². The lowest BCUT2D eigenvalue weighted by molar-refractivity contribution is -0.118. The molecule has 1 atom stereocenters. The summed E-state index contributed by atoms with van der Waals surface area (Å²) in [6.45, 7) is 2.62. The van der Waals surface area contributed by atoms with Gasteiger partial charge in [0.15, 0.2) is 0 Å². The van der Waals surface area contributed by atoms with Crippen molar-refractivity contribution >= 4 is 11.6 Å². The fourth-order valence-electron chi connectivity index (χ4n) is 2.95. The third-order valence-corrected chi connectivity index (χ3v) is 4.50. The molecule has 0 saturated heterocycles. The molecule has 0 aliphatic carbocycles. The third-order valence-electron chi connectivity index (χ3n) is 4.50. The van der Waals surface area contributed by atoms with Crippen molar-refractivity contribution in [2.45, 2.75) is 19.4 Å². The Morgan fingerprint density at radius 3 is 2.30 bits per heavy atom. The Balaban J connectivity index is 1.70. The fraction of sp³-hybridized carbons (Fsp3) is 0.174. The maximum absolute atomic E-state index is 12.9. The van der Waals surface area contributed by atoms with E-state index in [1.165, 1.54) is 0 Å². The summed E-state index contributed by atoms with van der Waals surface area (Å²) in [6.07, 6.45) is 0.765. The van der Waals surface area contributed by atoms with Crippen LogP contribution in [0.2, 0.25) is 0 Å². The Kier molecular flexibility index (Phi) is 6.23. The number of phenolic OH excluding ortho intramolecular Hbond substituents is 1. The fourth-order valence-corrected chi connectivity index (χ4v) is 2.95. The molecule has 0 aliphatic heterocycles. The number of hydrogen-bond acceptors (Lipinski definition) is 3. The molecule has 0 aromatic heterocycles. The number of nitrogens with one attached hydrogen (secondary N) is 2. The zero-order valence-electron chi connectivity index (χ0n) is 15.4. The Morgan fingerprint density at radius 2 is 1.59 bits per heavy atom. The Hall–Kier alpha value is -3.11. The first-order valence-electron chi connectivity index (χ1n) is 9.06. The maximum atomic E-state index is 12.9. The van der Waals surface area contributed by atoms with Gasteiger partial charge in [-0.1, -0.05) is 60.7 Å². The van der Waals surface area contributed by atoms with E-state index in [1.807, 2.05) is 73.7 Å². The molecule has 4 heteroatoms. The Bertz CT molecular complexity index is 876. The first-order chi connectivity index (χ1) is 13.1. The summed E-state index contributed by atoms with van der Waals surface area (Å²) in [5.74, 6) is 0.174. The summed E-state index contributed by atoms with van der Waals surface area (Å²) < 4.78 is 0. The van der Waals surface area contributed by atoms with Gasteiger partial charge in [0, 0.05) is 12.2 Å². The van der Waals surface area contributed by atoms with E-state index >= 15 is 0 Å². The van der Waals surface area contributed by atoms with E-state index in [2.05, 4.69) is 10.6 Å². The van der Waals surface area contributed by atoms with E-state index < -0.39 is 6.04 Å². The standard InChI is InChI=1S/C23H24N2O2/c1-17-7-5-6-10-21(17)25-23(27)22(19-8-3-2-4-9-19)24-16-15-18-11-13-20(26)14-12-18/h2-14,22,24,26H,15-16H2,1H3,(H,25,27)/t22-/m1/s1. The molecule has 138 valence electrons. The highest BCUT2D eigenvalue weighted by atomic mass is 16.3. The first-order valence-corrected chi connectivity index (χ1v) is 9.06. The van der Waals surface area contributed by atoms with Crippen LogP contribution in [0, 0.1) is 6.92 Å². The van der Waals surface area contributed by atoms with Crippen molar-refractivity contribution in [1.82, 2.24) is 5.32 Å². The van der Waals surface area contributed by atoms with E-state index in [1.54, 1.807) is 12.1 Å². The number of aryl methyl sites for hydroxylation is 1. The lowest BCUT2D eigenvalue weighted by Crippen LogP contribution is -2.34. The van der Waals surface area contributed by atoms with Crippen molar-refractivity contribution in [3.63, 3.8) is 0 Å². The summed E-state index contributed by atoms with van der Waals surface area (Å²) in [6, 6.07) is 24.2. The van der Waals surface area contributed by atoms with E-state index in [9.17, 15) is 9.90 Å². The molecule has 3 N–H and O–H groups in total. The summed E-state index contributed by atoms with van der Waals surface area (Å²) in [5.41, 5.74) is 3.88. The smallest absolute Gasteiger partial charge is 0.246 e. The lowest BCUT2D eigenvalue weighted by Gasteiger charge is -2.20. The molecule has 3 aromatic rings. The number of carbonyl (C=O) groups is 1. The predicted octanol–water partition coefficient (Wildman–Crippen LogP) is 4.21. The number of carbonyl (C=O) groups excluding carboxylic acids is 1. The first kappa shape index (κ1) is 18.7. The molecule has 27 heavy (non-hydrogen) atoms. The number of amides is 1. The number of phenols is 1. The van der Waals surface area contributed by atoms with Crippen molar-refractivity contribution in [3.8, 4) is 5.75 Å². The Morgan fingerprint density at radius 1 is 0.926 bits per heavy atom. The summed E-state index contributed by atoms with van der Waals surface area (Å²) >= 11 is 0. The van der Waals surface area contributed by atoms with Crippen LogP contribution in [0.4, 0.5) is 5.69 Å². The second kappa shape index (κ2) is 9.01. The van der Waals surface area contributed by atoms with Crippen LogP contribution in [0.25, 0.3) is 0 Å². The molecule has 0 unspecified atom stereocenters. The van der Waals surface area contributed by atoms with Gasteiger partial charge >= 0.3 is 0 Å². The minimum Gasteiger partial charge on any atom is -0.508 e. The minimum absolute atomic E-state index is 0.0822. The monoisotopic (exact) mass is 360 g/mol. The summed E-state index contributed by atoms with van der Waals surface area (Å²) in [5, 5.41) is 15.8. The maximum Gasteiger partial charge on any atom is 0.246 e. The predicted molar refractivity (Wildman–Crippen MR) is 109 cm³/mol. The van der Waals surface area contributed by atoms with Crippen molar-refractivity contribution < 1.29 is 9.90 Å². The van der Waals surface area contributed by atoms with Crippen molar-refractivity contribution in [1.29, 1.82) is 0 Å². The van der Waals surface area contributed by atoms with Crippen molar-refractivity contribution in [3.05, 3.63) is 95.6 Å². The van der Waals surface area contributed by atoms with Crippen molar-refractivity contribution in [2.24, 2.45) is 0 Å². The van der Waals surface area contributed by atoms with Crippen LogP contribution in [0.15, 0.2) is 78.9 Å². The lowest BCUT2D eigenvalue weighted by atomic mass is 10.0. The van der Waals surface area contributed by atoms with Crippen LogP contribution < -0.4 is 10.6 Å². The SMILES string of the molecule is Cc1ccccc1NC(=O)[C@H](NCCc1ccc(O)cc1)c1ccccc1. The number of aromatic hydroxyl groups is 1. The topological polar surface area (TPSA) is 61.4 Å². The van der Waals surface area contributed by atoms with Crippen LogP contribution in [0.1, 0.15) is 22.7 Å². The van der Waals surface area contributed by atoms with Gasteiger partial charge in [-0.15, -0.1) is 0 Å². The average Bonchev–Trinajstić information content (AvgIpc) is 2.69. The van der Waals surface area contributed by atoms with Crippen LogP contribution in [-0.2, 0) is 11.2 Å². The van der Waals surface area contributed by atoms with E-state index in [0.717, 1.165) is 28.8 Å². The van der Waals surface area contributed by atoms with Gasteiger partial charge < -0.3 is 15.7 Å². The highest BCUT2D eigenvalue weighted by molar-refractivity contribution is 5.96. The van der Waals surface area contributed by atoms with Gasteiger partial charge in [0.05, 0.1) is 0 Å². The molecule has 0 fully saturated rings. The highest BCUT2D eigenvalue weighted by Gasteiger charge is 2.20. The average molecular weight is 360 g/mol. The van der Waals surface area contributed by atoms with Gasteiger partial charge in [0.25, 0.3) is 0 Å².